The largest absolute Gasteiger partial charge is 0.495 e. The highest BCUT2D eigenvalue weighted by Crippen LogP contribution is 2.33. The molecular formula is C19H23BN2O4S. The number of amides is 1. The minimum Gasteiger partial charge on any atom is -0.495 e. The molecule has 0 spiro atoms. The van der Waals surface area contributed by atoms with Gasteiger partial charge in [0.15, 0.2) is 0 Å². The molecule has 2 aromatic rings. The normalized spacial score (nSPS) is 20.7. The lowest BCUT2D eigenvalue weighted by atomic mass is 9.91. The van der Waals surface area contributed by atoms with Crippen molar-refractivity contribution >= 4 is 39.7 Å². The van der Waals surface area contributed by atoms with Gasteiger partial charge in [0, 0.05) is 11.3 Å². The summed E-state index contributed by atoms with van der Waals surface area (Å²) >= 11 is 0. The van der Waals surface area contributed by atoms with Crippen LogP contribution in [0.4, 0.5) is 5.69 Å². The molecule has 0 aromatic heterocycles. The number of methoxy groups -OCH3 is 1. The van der Waals surface area contributed by atoms with Crippen molar-refractivity contribution in [3.63, 3.8) is 0 Å². The number of ether oxygens (including phenoxy) is 1. The quantitative estimate of drug-likeness (QED) is 0.543. The predicted octanol–water partition coefficient (Wildman–Crippen LogP) is 1.14. The van der Waals surface area contributed by atoms with Crippen molar-refractivity contribution in [1.29, 1.82) is 0 Å². The zero-order valence-electron chi connectivity index (χ0n) is 16.0. The molecule has 1 unspecified atom stereocenters. The summed E-state index contributed by atoms with van der Waals surface area (Å²) in [5.74, 6) is -0.0181. The first-order valence-electron chi connectivity index (χ1n) is 8.55. The first-order chi connectivity index (χ1) is 12.6. The summed E-state index contributed by atoms with van der Waals surface area (Å²) in [4.78, 5) is 12.9. The number of rotatable bonds is 4. The Bertz CT molecular complexity index is 1060. The second-order valence-corrected chi connectivity index (χ2v) is 9.35. The fraction of sp³-hybridized carbons (Fsp3) is 0.263. The number of carbonyl (C=O) groups excluding carboxylic acids is 1. The van der Waals surface area contributed by atoms with Crippen molar-refractivity contribution in [2.75, 3.05) is 12.4 Å². The van der Waals surface area contributed by atoms with Crippen LogP contribution in [0.1, 0.15) is 29.8 Å². The molecule has 6 nitrogen and oxygen atoms in total. The van der Waals surface area contributed by atoms with Crippen LogP contribution >= 0.6 is 0 Å². The maximum absolute atomic E-state index is 13.0. The van der Waals surface area contributed by atoms with Crippen LogP contribution in [0.15, 0.2) is 41.3 Å². The van der Waals surface area contributed by atoms with E-state index in [2.05, 4.69) is 10.0 Å². The molecule has 0 fully saturated rings. The Kier molecular flexibility index (Phi) is 4.84. The number of aliphatic hydroxyl groups excluding tert-OH is 1. The molecule has 0 aliphatic carbocycles. The van der Waals surface area contributed by atoms with Crippen molar-refractivity contribution in [3.05, 3.63) is 47.5 Å². The Labute approximate surface area is 160 Å². The highest BCUT2D eigenvalue weighted by molar-refractivity contribution is 8.02. The molecule has 8 heteroatoms. The highest BCUT2D eigenvalue weighted by atomic mass is 32.2. The van der Waals surface area contributed by atoms with E-state index in [-0.39, 0.29) is 16.7 Å². The van der Waals surface area contributed by atoms with Crippen LogP contribution in [0.5, 0.6) is 5.75 Å². The molecule has 3 rings (SSSR count). The molecule has 0 radical (unpaired) electrons. The van der Waals surface area contributed by atoms with Gasteiger partial charge in [-0.05, 0) is 51.1 Å². The van der Waals surface area contributed by atoms with E-state index in [1.54, 1.807) is 26.0 Å². The molecule has 142 valence electrons. The fourth-order valence-electron chi connectivity index (χ4n) is 2.99. The standard InChI is InChI=1S/C19H23BN2O4S/c1-11-9-13(6-7-14(11)20)21-17(23)12-5-8-16(15(10-12)26-4)27(25)18(24)19(2,3)22-27/h5-10,24H,20H2,1-4H3,(H,21,23)(H,22,25). The maximum Gasteiger partial charge on any atom is 0.255 e. The number of benzene rings is 2. The SMILES string of the molecule is Bc1ccc(NC(=O)c2ccc(S3(=O)=C(O)C(C)(C)N3)c(OC)c2)cc1C. The topological polar surface area (TPSA) is 87.7 Å². The maximum atomic E-state index is 13.0. The smallest absolute Gasteiger partial charge is 0.255 e. The monoisotopic (exact) mass is 386 g/mol. The van der Waals surface area contributed by atoms with E-state index in [0.29, 0.717) is 16.1 Å². The van der Waals surface area contributed by atoms with E-state index in [1.807, 2.05) is 33.0 Å². The van der Waals surface area contributed by atoms with E-state index >= 15 is 0 Å². The molecule has 0 saturated heterocycles. The van der Waals surface area contributed by atoms with Gasteiger partial charge < -0.3 is 15.2 Å². The lowest BCUT2D eigenvalue weighted by Crippen LogP contribution is -2.63. The predicted molar refractivity (Wildman–Crippen MR) is 112 cm³/mol. The number of carbonyl (C=O) groups is 1. The molecular weight excluding hydrogens is 363 g/mol. The summed E-state index contributed by atoms with van der Waals surface area (Å²) in [5, 5.41) is 13.0. The Hall–Kier alpha value is -2.29. The average molecular weight is 386 g/mol. The van der Waals surface area contributed by atoms with Crippen molar-refractivity contribution in [2.24, 2.45) is 0 Å². The van der Waals surface area contributed by atoms with Gasteiger partial charge in [-0.15, -0.1) is 0 Å². The number of anilines is 1. The minimum absolute atomic E-state index is 0.124. The summed E-state index contributed by atoms with van der Waals surface area (Å²) in [6.07, 6.45) is 0. The second-order valence-electron chi connectivity index (χ2n) is 7.21. The van der Waals surface area contributed by atoms with E-state index in [1.165, 1.54) is 13.2 Å². The molecule has 2 aromatic carbocycles. The van der Waals surface area contributed by atoms with Crippen molar-refractivity contribution in [1.82, 2.24) is 4.72 Å². The van der Waals surface area contributed by atoms with Crippen molar-refractivity contribution < 1.29 is 18.8 Å². The van der Waals surface area contributed by atoms with Gasteiger partial charge in [0.05, 0.1) is 27.3 Å². The lowest BCUT2D eigenvalue weighted by molar-refractivity contribution is 0.102. The van der Waals surface area contributed by atoms with Crippen LogP contribution in [0, 0.1) is 6.92 Å². The first kappa shape index (κ1) is 19.5. The highest BCUT2D eigenvalue weighted by Gasteiger charge is 2.43. The van der Waals surface area contributed by atoms with Gasteiger partial charge in [-0.2, -0.15) is 0 Å². The third-order valence-corrected chi connectivity index (χ3v) is 7.52. The van der Waals surface area contributed by atoms with Gasteiger partial charge in [-0.1, -0.05) is 17.1 Å². The number of aliphatic hydroxyl groups is 1. The van der Waals surface area contributed by atoms with Crippen LogP contribution in [0.2, 0.25) is 0 Å². The summed E-state index contributed by atoms with van der Waals surface area (Å²) in [5.41, 5.74) is 2.58. The van der Waals surface area contributed by atoms with E-state index in [4.69, 9.17) is 4.74 Å². The van der Waals surface area contributed by atoms with Gasteiger partial charge in [-0.25, -0.2) is 8.93 Å². The summed E-state index contributed by atoms with van der Waals surface area (Å²) in [7, 11) is 0.503. The van der Waals surface area contributed by atoms with Crippen LogP contribution in [-0.4, -0.2) is 40.8 Å². The van der Waals surface area contributed by atoms with Crippen LogP contribution in [0.3, 0.4) is 0 Å². The van der Waals surface area contributed by atoms with Crippen LogP contribution in [-0.2, 0) is 9.71 Å². The molecule has 1 aliphatic rings. The number of hydrogen-bond acceptors (Lipinski definition) is 3. The zero-order chi connectivity index (χ0) is 20.0. The Balaban J connectivity index is 1.93. The van der Waals surface area contributed by atoms with E-state index < -0.39 is 15.2 Å². The second kappa shape index (κ2) is 6.71. The molecule has 1 atom stereocenters. The van der Waals surface area contributed by atoms with E-state index in [0.717, 1.165) is 11.0 Å². The number of hydrogen-bond donors (Lipinski definition) is 3. The van der Waals surface area contributed by atoms with Crippen molar-refractivity contribution in [2.45, 2.75) is 31.2 Å². The Morgan fingerprint density at radius 2 is 1.96 bits per heavy atom. The summed E-state index contributed by atoms with van der Waals surface area (Å²) in [6, 6.07) is 10.3. The summed E-state index contributed by atoms with van der Waals surface area (Å²) in [6.45, 7) is 5.46. The fourth-order valence-corrected chi connectivity index (χ4v) is 5.52. The van der Waals surface area contributed by atoms with Gasteiger partial charge >= 0.3 is 0 Å². The molecule has 27 heavy (non-hydrogen) atoms. The summed E-state index contributed by atoms with van der Waals surface area (Å²) < 4.78 is 21.3. The van der Waals surface area contributed by atoms with Gasteiger partial charge in [0.2, 0.25) is 0 Å². The number of nitrogens with one attached hydrogen (secondary N) is 2. The van der Waals surface area contributed by atoms with Crippen LogP contribution < -0.4 is 20.2 Å². The minimum atomic E-state index is -2.94. The first-order valence-corrected chi connectivity index (χ1v) is 10.1. The lowest BCUT2D eigenvalue weighted by Gasteiger charge is -2.39. The van der Waals surface area contributed by atoms with Crippen molar-refractivity contribution in [3.8, 4) is 5.75 Å². The van der Waals surface area contributed by atoms with E-state index in [9.17, 15) is 14.1 Å². The average Bonchev–Trinajstić information content (AvgIpc) is 2.63. The molecule has 0 saturated carbocycles. The van der Waals surface area contributed by atoms with Gasteiger partial charge in [-0.3, -0.25) is 4.79 Å². The van der Waals surface area contributed by atoms with Gasteiger partial charge in [0.25, 0.3) is 5.91 Å². The molecule has 1 aliphatic heterocycles. The Morgan fingerprint density at radius 1 is 1.26 bits per heavy atom. The Morgan fingerprint density at radius 3 is 2.52 bits per heavy atom. The third-order valence-electron chi connectivity index (χ3n) is 4.71. The van der Waals surface area contributed by atoms with Gasteiger partial charge in [0.1, 0.15) is 18.6 Å². The third kappa shape index (κ3) is 3.36. The molecule has 3 N–H and O–H groups in total. The van der Waals surface area contributed by atoms with Crippen LogP contribution in [0.25, 0.3) is 0 Å². The number of aryl methyl sites for hydroxylation is 1. The molecule has 1 heterocycles. The molecule has 0 bridgehead atoms. The molecule has 1 amide bonds. The zero-order valence-corrected chi connectivity index (χ0v) is 16.9.